The van der Waals surface area contributed by atoms with Crippen LogP contribution in [0.2, 0.25) is 0 Å². The van der Waals surface area contributed by atoms with Gasteiger partial charge in [0.05, 0.1) is 0 Å². The smallest absolute Gasteiger partial charge is 0.306 e. The maximum absolute atomic E-state index is 13.0. The second-order valence-electron chi connectivity index (χ2n) is 25.2. The molecule has 1 unspecified atom stereocenters. The molecule has 0 rings (SSSR count). The molecule has 0 saturated heterocycles. The molecule has 0 spiro atoms. The van der Waals surface area contributed by atoms with Crippen molar-refractivity contribution in [3.05, 3.63) is 48.6 Å². The van der Waals surface area contributed by atoms with Crippen LogP contribution in [0.1, 0.15) is 406 Å². The van der Waals surface area contributed by atoms with Crippen LogP contribution in [0, 0.1) is 0 Å². The predicted octanol–water partition coefficient (Wildman–Crippen LogP) is 25.7. The normalized spacial score (nSPS) is 12.3. The third kappa shape index (κ3) is 70.0. The van der Waals surface area contributed by atoms with Crippen molar-refractivity contribution in [1.29, 1.82) is 0 Å². The van der Waals surface area contributed by atoms with Crippen LogP contribution in [0.5, 0.6) is 0 Å². The van der Waals surface area contributed by atoms with E-state index in [1.54, 1.807) is 0 Å². The van der Waals surface area contributed by atoms with Crippen LogP contribution in [-0.2, 0) is 28.6 Å². The Kier molecular flexibility index (Phi) is 69.6. The first-order chi connectivity index (χ1) is 41.0. The molecule has 6 nitrogen and oxygen atoms in total. The summed E-state index contributed by atoms with van der Waals surface area (Å²) in [5.74, 6) is -0.832. The molecule has 0 heterocycles. The monoisotopic (exact) mass is 1160 g/mol. The summed E-state index contributed by atoms with van der Waals surface area (Å²) in [5, 5.41) is 0. The zero-order valence-electron chi connectivity index (χ0n) is 56.0. The van der Waals surface area contributed by atoms with Crippen LogP contribution in [0.3, 0.4) is 0 Å². The lowest BCUT2D eigenvalue weighted by atomic mass is 10.0. The minimum Gasteiger partial charge on any atom is -0.462 e. The SMILES string of the molecule is CC/C=C\C/C=C\C/C=C\C/C=C\CCCCCCCCCCCCCCCCC(=O)OCC(COC(=O)CCCCCCCCCCCCCCCCCC)OC(=O)CCCCCCCCCCCCCCCCCCCCCCCC. The van der Waals surface area contributed by atoms with Crippen LogP contribution in [0.4, 0.5) is 0 Å². The van der Waals surface area contributed by atoms with Gasteiger partial charge in [-0.1, -0.05) is 378 Å². The highest BCUT2D eigenvalue weighted by Gasteiger charge is 2.20. The van der Waals surface area contributed by atoms with Crippen molar-refractivity contribution < 1.29 is 28.6 Å². The van der Waals surface area contributed by atoms with Crippen molar-refractivity contribution in [2.75, 3.05) is 13.2 Å². The molecule has 0 aliphatic heterocycles. The Labute approximate surface area is 518 Å². The molecule has 486 valence electrons. The number of unbranched alkanes of at least 4 members (excludes halogenated alkanes) is 50. The summed E-state index contributed by atoms with van der Waals surface area (Å²) >= 11 is 0. The van der Waals surface area contributed by atoms with E-state index in [2.05, 4.69) is 69.4 Å². The molecule has 0 aliphatic carbocycles. The van der Waals surface area contributed by atoms with E-state index in [0.29, 0.717) is 19.3 Å². The zero-order valence-corrected chi connectivity index (χ0v) is 56.0. The quantitative estimate of drug-likeness (QED) is 0.0261. The molecule has 0 amide bonds. The summed E-state index contributed by atoms with van der Waals surface area (Å²) in [4.78, 5) is 38.5. The van der Waals surface area contributed by atoms with Gasteiger partial charge < -0.3 is 14.2 Å². The highest BCUT2D eigenvalue weighted by atomic mass is 16.6. The van der Waals surface area contributed by atoms with Crippen molar-refractivity contribution in [2.24, 2.45) is 0 Å². The van der Waals surface area contributed by atoms with Crippen LogP contribution >= 0.6 is 0 Å². The summed E-state index contributed by atoms with van der Waals surface area (Å²) in [5.41, 5.74) is 0. The predicted molar refractivity (Wildman–Crippen MR) is 362 cm³/mol. The molecule has 0 aliphatic rings. The molecule has 0 fully saturated rings. The van der Waals surface area contributed by atoms with Crippen LogP contribution in [0.15, 0.2) is 48.6 Å². The van der Waals surface area contributed by atoms with E-state index in [0.717, 1.165) is 83.5 Å². The Morgan fingerprint density at radius 1 is 0.253 bits per heavy atom. The first kappa shape index (κ1) is 80.4. The zero-order chi connectivity index (χ0) is 59.9. The van der Waals surface area contributed by atoms with Gasteiger partial charge in [0.1, 0.15) is 13.2 Å². The van der Waals surface area contributed by atoms with Gasteiger partial charge >= 0.3 is 17.9 Å². The molecule has 83 heavy (non-hydrogen) atoms. The average Bonchev–Trinajstić information content (AvgIpc) is 3.49. The van der Waals surface area contributed by atoms with Crippen LogP contribution in [0.25, 0.3) is 0 Å². The molecule has 0 aromatic carbocycles. The largest absolute Gasteiger partial charge is 0.462 e. The Bertz CT molecular complexity index is 1430. The van der Waals surface area contributed by atoms with Gasteiger partial charge in [-0.05, 0) is 57.8 Å². The van der Waals surface area contributed by atoms with Crippen LogP contribution in [-0.4, -0.2) is 37.2 Å². The number of rotatable bonds is 69. The summed E-state index contributed by atoms with van der Waals surface area (Å²) in [6.07, 6.45) is 91.5. The number of ether oxygens (including phenoxy) is 3. The Morgan fingerprint density at radius 3 is 0.735 bits per heavy atom. The first-order valence-electron chi connectivity index (χ1n) is 37.1. The third-order valence-electron chi connectivity index (χ3n) is 16.8. The molecule has 0 bridgehead atoms. The molecule has 0 aromatic rings. The van der Waals surface area contributed by atoms with Crippen molar-refractivity contribution in [2.45, 2.75) is 412 Å². The summed E-state index contributed by atoms with van der Waals surface area (Å²) < 4.78 is 17.0. The lowest BCUT2D eigenvalue weighted by Crippen LogP contribution is -2.30. The topological polar surface area (TPSA) is 78.9 Å². The number of carbonyl (C=O) groups excluding carboxylic acids is 3. The first-order valence-corrected chi connectivity index (χ1v) is 37.1. The highest BCUT2D eigenvalue weighted by Crippen LogP contribution is 2.19. The van der Waals surface area contributed by atoms with E-state index in [4.69, 9.17) is 14.2 Å². The molecular weight excluding hydrogens is 1020 g/mol. The third-order valence-corrected chi connectivity index (χ3v) is 16.8. The molecule has 0 N–H and O–H groups in total. The average molecular weight is 1160 g/mol. The van der Waals surface area contributed by atoms with Gasteiger partial charge in [-0.25, -0.2) is 0 Å². The van der Waals surface area contributed by atoms with E-state index >= 15 is 0 Å². The molecule has 0 aromatic heterocycles. The number of allylic oxidation sites excluding steroid dienone is 8. The fraction of sp³-hybridized carbons (Fsp3) is 0.857. The lowest BCUT2D eigenvalue weighted by molar-refractivity contribution is -0.167. The second kappa shape index (κ2) is 71.8. The highest BCUT2D eigenvalue weighted by molar-refractivity contribution is 5.71. The van der Waals surface area contributed by atoms with Crippen LogP contribution < -0.4 is 0 Å². The summed E-state index contributed by atoms with van der Waals surface area (Å²) in [6, 6.07) is 0. The van der Waals surface area contributed by atoms with E-state index in [1.807, 2.05) is 0 Å². The van der Waals surface area contributed by atoms with Gasteiger partial charge in [0.15, 0.2) is 6.10 Å². The summed E-state index contributed by atoms with van der Waals surface area (Å²) in [7, 11) is 0. The van der Waals surface area contributed by atoms with Crippen molar-refractivity contribution in [1.82, 2.24) is 0 Å². The maximum atomic E-state index is 13.0. The second-order valence-corrected chi connectivity index (χ2v) is 25.2. The molecule has 6 heteroatoms. The van der Waals surface area contributed by atoms with Gasteiger partial charge in [0.2, 0.25) is 0 Å². The van der Waals surface area contributed by atoms with Gasteiger partial charge in [-0.15, -0.1) is 0 Å². The Hall–Kier alpha value is -2.63. The fourth-order valence-electron chi connectivity index (χ4n) is 11.3. The number of carbonyl (C=O) groups is 3. The molecule has 1 atom stereocenters. The standard InChI is InChI=1S/C77H142O6/c1-4-7-10-13-16-19-22-25-28-31-33-35-37-38-39-40-41-43-44-46-49-52-55-58-61-64-67-70-76(79)82-73-74(72-81-75(78)69-66-63-60-57-54-51-48-30-27-24-21-18-15-12-9-6-3)83-77(80)71-68-65-62-59-56-53-50-47-45-42-36-34-32-29-26-23-20-17-14-11-8-5-2/h7,10,16,19,25,28,33,35,74H,4-6,8-9,11-15,17-18,20-24,26-27,29-32,34,36-73H2,1-3H3/b10-7-,19-16-,28-25-,35-33-. The minimum absolute atomic E-state index is 0.0656. The molecular formula is C77H142O6. The lowest BCUT2D eigenvalue weighted by Gasteiger charge is -2.18. The summed E-state index contributed by atoms with van der Waals surface area (Å²) in [6.45, 7) is 6.62. The van der Waals surface area contributed by atoms with E-state index < -0.39 is 6.10 Å². The number of hydrogen-bond acceptors (Lipinski definition) is 6. The fourth-order valence-corrected chi connectivity index (χ4v) is 11.3. The molecule has 0 saturated carbocycles. The van der Waals surface area contributed by atoms with E-state index in [1.165, 1.54) is 283 Å². The number of hydrogen-bond donors (Lipinski definition) is 0. The Morgan fingerprint density at radius 2 is 0.470 bits per heavy atom. The van der Waals surface area contributed by atoms with Gasteiger partial charge in [0, 0.05) is 19.3 Å². The van der Waals surface area contributed by atoms with E-state index in [9.17, 15) is 14.4 Å². The van der Waals surface area contributed by atoms with Crippen molar-refractivity contribution >= 4 is 17.9 Å². The minimum atomic E-state index is -0.770. The van der Waals surface area contributed by atoms with Crippen molar-refractivity contribution in [3.8, 4) is 0 Å². The Balaban J connectivity index is 4.26. The van der Waals surface area contributed by atoms with E-state index in [-0.39, 0.29) is 31.1 Å². The van der Waals surface area contributed by atoms with Gasteiger partial charge in [-0.2, -0.15) is 0 Å². The maximum Gasteiger partial charge on any atom is 0.306 e. The number of esters is 3. The van der Waals surface area contributed by atoms with Gasteiger partial charge in [0.25, 0.3) is 0 Å². The molecule has 0 radical (unpaired) electrons. The van der Waals surface area contributed by atoms with Gasteiger partial charge in [-0.3, -0.25) is 14.4 Å². The van der Waals surface area contributed by atoms with Crippen molar-refractivity contribution in [3.63, 3.8) is 0 Å².